The van der Waals surface area contributed by atoms with Gasteiger partial charge in [-0.1, -0.05) is 0 Å². The predicted molar refractivity (Wildman–Crippen MR) is 125 cm³/mol. The van der Waals surface area contributed by atoms with E-state index in [9.17, 15) is 26.7 Å². The van der Waals surface area contributed by atoms with Crippen molar-refractivity contribution in [3.63, 3.8) is 0 Å². The molecule has 37 heavy (non-hydrogen) atoms. The van der Waals surface area contributed by atoms with Gasteiger partial charge in [-0.05, 0) is 46.3 Å². The number of aryl methyl sites for hydroxylation is 1. The SMILES string of the molecule is Cc1nn(C2CCN(C)CC2)nc1Nc1ncc(C(F)(F)F)c(NCCCNC(=O)C2CC(F)(F)C2)n1. The predicted octanol–water partition coefficient (Wildman–Crippen LogP) is 3.37. The van der Waals surface area contributed by atoms with Crippen LogP contribution in [0.2, 0.25) is 0 Å². The Morgan fingerprint density at radius 3 is 2.49 bits per heavy atom. The summed E-state index contributed by atoms with van der Waals surface area (Å²) in [7, 11) is 2.05. The molecule has 2 aromatic heterocycles. The molecule has 0 radical (unpaired) electrons. The summed E-state index contributed by atoms with van der Waals surface area (Å²) >= 11 is 0. The van der Waals surface area contributed by atoms with E-state index in [4.69, 9.17) is 0 Å². The lowest BCUT2D eigenvalue weighted by atomic mass is 9.81. The second-order valence-corrected chi connectivity index (χ2v) is 9.60. The molecule has 0 unspecified atom stereocenters. The standard InChI is InChI=1S/C22H30F5N9O/c1-13-17(34-36(33-13)15-4-8-35(2)9-5-15)31-20-30-12-16(22(25,26)27)18(32-20)28-6-3-7-29-19(37)14-10-21(23,24)11-14/h12,14-15H,3-11H2,1-2H3,(H,29,37)(H2,28,30,31,32,34). The number of carbonyl (C=O) groups excluding carboxylic acids is 1. The largest absolute Gasteiger partial charge is 0.421 e. The van der Waals surface area contributed by atoms with Gasteiger partial charge in [0, 0.05) is 38.0 Å². The summed E-state index contributed by atoms with van der Waals surface area (Å²) in [6.07, 6.45) is -2.90. The number of alkyl halides is 5. The maximum Gasteiger partial charge on any atom is 0.421 e. The Bertz CT molecular complexity index is 1090. The quantitative estimate of drug-likeness (QED) is 0.334. The second-order valence-electron chi connectivity index (χ2n) is 9.60. The number of nitrogens with one attached hydrogen (secondary N) is 3. The van der Waals surface area contributed by atoms with Crippen LogP contribution in [0.1, 0.15) is 49.4 Å². The lowest BCUT2D eigenvalue weighted by Crippen LogP contribution is -2.45. The van der Waals surface area contributed by atoms with Crippen LogP contribution in [0.25, 0.3) is 0 Å². The van der Waals surface area contributed by atoms with Gasteiger partial charge in [0.05, 0.1) is 6.04 Å². The third-order valence-corrected chi connectivity index (χ3v) is 6.54. The van der Waals surface area contributed by atoms with Crippen LogP contribution in [0.3, 0.4) is 0 Å². The van der Waals surface area contributed by atoms with Gasteiger partial charge in [-0.25, -0.2) is 13.8 Å². The zero-order valence-corrected chi connectivity index (χ0v) is 20.6. The molecule has 4 rings (SSSR count). The molecule has 2 fully saturated rings. The molecule has 0 bridgehead atoms. The normalized spacial score (nSPS) is 18.9. The van der Waals surface area contributed by atoms with E-state index in [0.717, 1.165) is 25.9 Å². The number of amides is 1. The van der Waals surface area contributed by atoms with Gasteiger partial charge in [0.1, 0.15) is 17.1 Å². The Balaban J connectivity index is 1.35. The van der Waals surface area contributed by atoms with Gasteiger partial charge >= 0.3 is 6.18 Å². The first-order valence-corrected chi connectivity index (χ1v) is 12.1. The first-order valence-electron chi connectivity index (χ1n) is 12.1. The fraction of sp³-hybridized carbons (Fsp3) is 0.682. The molecule has 3 heterocycles. The van der Waals surface area contributed by atoms with Crippen molar-refractivity contribution in [1.82, 2.24) is 35.2 Å². The number of carbonyl (C=O) groups is 1. The Labute approximate surface area is 210 Å². The van der Waals surface area contributed by atoms with Crippen molar-refractivity contribution in [2.24, 2.45) is 5.92 Å². The van der Waals surface area contributed by atoms with E-state index in [0.29, 0.717) is 17.7 Å². The minimum Gasteiger partial charge on any atom is -0.369 e. The second kappa shape index (κ2) is 10.7. The fourth-order valence-electron chi connectivity index (χ4n) is 4.29. The molecule has 10 nitrogen and oxygen atoms in total. The summed E-state index contributed by atoms with van der Waals surface area (Å²) in [5, 5.41) is 16.9. The molecule has 0 atom stereocenters. The molecular weight excluding hydrogens is 501 g/mol. The number of nitrogens with zero attached hydrogens (tertiary/aromatic N) is 6. The molecule has 0 aromatic carbocycles. The summed E-state index contributed by atoms with van der Waals surface area (Å²) in [6.45, 7) is 3.77. The van der Waals surface area contributed by atoms with Crippen molar-refractivity contribution >= 4 is 23.5 Å². The van der Waals surface area contributed by atoms with Crippen LogP contribution < -0.4 is 16.0 Å². The molecule has 204 valence electrons. The maximum atomic E-state index is 13.5. The monoisotopic (exact) mass is 531 g/mol. The zero-order valence-electron chi connectivity index (χ0n) is 20.6. The van der Waals surface area contributed by atoms with Crippen LogP contribution in [-0.4, -0.2) is 74.9 Å². The van der Waals surface area contributed by atoms with E-state index in [1.807, 2.05) is 7.05 Å². The molecule has 2 aromatic rings. The number of piperidine rings is 1. The van der Waals surface area contributed by atoms with Gasteiger partial charge in [-0.2, -0.15) is 28.1 Å². The van der Waals surface area contributed by atoms with Crippen LogP contribution >= 0.6 is 0 Å². The molecule has 1 amide bonds. The summed E-state index contributed by atoms with van der Waals surface area (Å²) in [6, 6.07) is 0.137. The maximum absolute atomic E-state index is 13.5. The number of halogens is 5. The molecule has 1 saturated heterocycles. The van der Waals surface area contributed by atoms with E-state index in [1.165, 1.54) is 0 Å². The van der Waals surface area contributed by atoms with Gasteiger partial charge in [-0.15, -0.1) is 5.10 Å². The van der Waals surface area contributed by atoms with Crippen LogP contribution in [-0.2, 0) is 11.0 Å². The topological polar surface area (TPSA) is 113 Å². The lowest BCUT2D eigenvalue weighted by molar-refractivity contribution is -0.150. The van der Waals surface area contributed by atoms with E-state index in [2.05, 4.69) is 41.0 Å². The third kappa shape index (κ3) is 6.81. The third-order valence-electron chi connectivity index (χ3n) is 6.54. The minimum absolute atomic E-state index is 0.0615. The molecule has 3 N–H and O–H groups in total. The Morgan fingerprint density at radius 1 is 1.14 bits per heavy atom. The van der Waals surface area contributed by atoms with E-state index in [1.54, 1.807) is 11.7 Å². The first-order chi connectivity index (χ1) is 17.4. The van der Waals surface area contributed by atoms with Crippen molar-refractivity contribution < 1.29 is 26.7 Å². The van der Waals surface area contributed by atoms with E-state index >= 15 is 0 Å². The van der Waals surface area contributed by atoms with Gasteiger partial charge < -0.3 is 20.9 Å². The smallest absolute Gasteiger partial charge is 0.369 e. The number of rotatable bonds is 9. The Kier molecular flexibility index (Phi) is 7.80. The number of anilines is 3. The Hall–Kier alpha value is -3.10. The van der Waals surface area contributed by atoms with Crippen molar-refractivity contribution in [3.05, 3.63) is 17.5 Å². The lowest BCUT2D eigenvalue weighted by Gasteiger charge is -2.33. The number of hydrogen-bond acceptors (Lipinski definition) is 8. The molecule has 1 saturated carbocycles. The summed E-state index contributed by atoms with van der Waals surface area (Å²) < 4.78 is 66.3. The molecule has 0 spiro atoms. The van der Waals surface area contributed by atoms with Crippen molar-refractivity contribution in [2.45, 2.75) is 57.2 Å². The molecule has 2 aliphatic rings. The summed E-state index contributed by atoms with van der Waals surface area (Å²) in [4.78, 5) is 23.5. The molecule has 1 aliphatic carbocycles. The summed E-state index contributed by atoms with van der Waals surface area (Å²) in [5.41, 5.74) is -0.470. The number of likely N-dealkylation sites (tertiary alicyclic amines) is 1. The van der Waals surface area contributed by atoms with Crippen molar-refractivity contribution in [1.29, 1.82) is 0 Å². The number of aromatic nitrogens is 5. The molecule has 1 aliphatic heterocycles. The minimum atomic E-state index is -4.68. The number of hydrogen-bond donors (Lipinski definition) is 3. The van der Waals surface area contributed by atoms with Crippen LogP contribution in [0, 0.1) is 12.8 Å². The van der Waals surface area contributed by atoms with Gasteiger partial charge in [-0.3, -0.25) is 4.79 Å². The van der Waals surface area contributed by atoms with Crippen molar-refractivity contribution in [3.8, 4) is 0 Å². The first kappa shape index (κ1) is 26.9. The van der Waals surface area contributed by atoms with Gasteiger partial charge in [0.15, 0.2) is 5.82 Å². The van der Waals surface area contributed by atoms with Gasteiger partial charge in [0.2, 0.25) is 17.8 Å². The highest BCUT2D eigenvalue weighted by atomic mass is 19.4. The highest BCUT2D eigenvalue weighted by Crippen LogP contribution is 2.42. The van der Waals surface area contributed by atoms with E-state index in [-0.39, 0.29) is 31.5 Å². The highest BCUT2D eigenvalue weighted by molar-refractivity contribution is 5.79. The van der Waals surface area contributed by atoms with E-state index < -0.39 is 48.1 Å². The molecular formula is C22H30F5N9O. The average Bonchev–Trinajstić information content (AvgIpc) is 3.16. The Morgan fingerprint density at radius 2 is 1.84 bits per heavy atom. The average molecular weight is 532 g/mol. The zero-order chi connectivity index (χ0) is 26.8. The fourth-order valence-corrected chi connectivity index (χ4v) is 4.29. The summed E-state index contributed by atoms with van der Waals surface area (Å²) in [5.74, 6) is -4.14. The van der Waals surface area contributed by atoms with Crippen LogP contribution in [0.4, 0.5) is 39.5 Å². The van der Waals surface area contributed by atoms with Crippen LogP contribution in [0.15, 0.2) is 6.20 Å². The van der Waals surface area contributed by atoms with Gasteiger partial charge in [0.25, 0.3) is 0 Å². The highest BCUT2D eigenvalue weighted by Gasteiger charge is 2.48. The molecule has 15 heteroatoms. The van der Waals surface area contributed by atoms with Crippen molar-refractivity contribution in [2.75, 3.05) is 43.9 Å². The van der Waals surface area contributed by atoms with Crippen LogP contribution in [0.5, 0.6) is 0 Å².